The molecule has 0 aromatic rings. The Balaban J connectivity index is 2.53. The van der Waals surface area contributed by atoms with Crippen LogP contribution in [0.25, 0.3) is 0 Å². The number of rotatable bonds is 3. The molecule has 0 amide bonds. The van der Waals surface area contributed by atoms with Gasteiger partial charge in [-0.2, -0.15) is 0 Å². The molecule has 11 heavy (non-hydrogen) atoms. The van der Waals surface area contributed by atoms with Crippen LogP contribution in [0.4, 0.5) is 0 Å². The van der Waals surface area contributed by atoms with Gasteiger partial charge in [0.25, 0.3) is 0 Å². The lowest BCUT2D eigenvalue weighted by Gasteiger charge is -2.26. The van der Waals surface area contributed by atoms with E-state index >= 15 is 0 Å². The van der Waals surface area contributed by atoms with Gasteiger partial charge in [-0.05, 0) is 19.0 Å². The van der Waals surface area contributed by atoms with Crippen molar-refractivity contribution in [2.45, 2.75) is 31.7 Å². The first-order valence-corrected chi connectivity index (χ1v) is 4.11. The number of nitrogens with two attached hydrogens (primary N) is 1. The standard InChI is InChI=1S/C9H16N2/c1-3-11(8(2)10)9-6-4-5-7-9/h3,9H,1-2,4-7,10H2. The first kappa shape index (κ1) is 8.18. The second kappa shape index (κ2) is 3.46. The maximum Gasteiger partial charge on any atom is 0.0955 e. The van der Waals surface area contributed by atoms with Crippen molar-refractivity contribution in [1.82, 2.24) is 4.90 Å². The Labute approximate surface area is 68.4 Å². The van der Waals surface area contributed by atoms with E-state index in [1.165, 1.54) is 25.7 Å². The van der Waals surface area contributed by atoms with Gasteiger partial charge in [-0.3, -0.25) is 0 Å². The van der Waals surface area contributed by atoms with E-state index in [1.807, 2.05) is 4.90 Å². The molecule has 2 nitrogen and oxygen atoms in total. The van der Waals surface area contributed by atoms with Crippen molar-refractivity contribution in [3.8, 4) is 0 Å². The van der Waals surface area contributed by atoms with Crippen LogP contribution < -0.4 is 5.73 Å². The molecule has 1 aliphatic rings. The van der Waals surface area contributed by atoms with Crippen LogP contribution in [0.3, 0.4) is 0 Å². The maximum absolute atomic E-state index is 5.59. The lowest BCUT2D eigenvalue weighted by atomic mass is 10.2. The van der Waals surface area contributed by atoms with Gasteiger partial charge in [0, 0.05) is 6.04 Å². The molecule has 0 spiro atoms. The molecule has 0 aromatic carbocycles. The van der Waals surface area contributed by atoms with Crippen LogP contribution in [-0.4, -0.2) is 10.9 Å². The van der Waals surface area contributed by atoms with Gasteiger partial charge in [0.1, 0.15) is 0 Å². The fourth-order valence-corrected chi connectivity index (χ4v) is 1.68. The minimum atomic E-state index is 0.560. The summed E-state index contributed by atoms with van der Waals surface area (Å²) in [5, 5.41) is 0. The number of nitrogens with zero attached hydrogens (tertiary/aromatic N) is 1. The van der Waals surface area contributed by atoms with E-state index in [-0.39, 0.29) is 0 Å². The summed E-state index contributed by atoms with van der Waals surface area (Å²) in [4.78, 5) is 1.98. The summed E-state index contributed by atoms with van der Waals surface area (Å²) < 4.78 is 0. The fourth-order valence-electron chi connectivity index (χ4n) is 1.68. The predicted molar refractivity (Wildman–Crippen MR) is 47.6 cm³/mol. The zero-order valence-corrected chi connectivity index (χ0v) is 6.92. The van der Waals surface area contributed by atoms with Gasteiger partial charge < -0.3 is 10.6 Å². The molecular formula is C9H16N2. The van der Waals surface area contributed by atoms with Gasteiger partial charge in [0.15, 0.2) is 0 Å². The molecule has 0 saturated heterocycles. The minimum absolute atomic E-state index is 0.560. The Kier molecular flexibility index (Phi) is 2.58. The van der Waals surface area contributed by atoms with Crippen molar-refractivity contribution >= 4 is 0 Å². The zero-order chi connectivity index (χ0) is 8.27. The Morgan fingerprint density at radius 1 is 1.45 bits per heavy atom. The predicted octanol–water partition coefficient (Wildman–Crippen LogP) is 1.80. The van der Waals surface area contributed by atoms with Crippen molar-refractivity contribution in [3.63, 3.8) is 0 Å². The lowest BCUT2D eigenvalue weighted by molar-refractivity contribution is 0.342. The summed E-state index contributed by atoms with van der Waals surface area (Å²) >= 11 is 0. The molecule has 0 radical (unpaired) electrons. The highest BCUT2D eigenvalue weighted by molar-refractivity contribution is 4.98. The molecule has 0 bridgehead atoms. The second-order valence-corrected chi connectivity index (χ2v) is 3.02. The van der Waals surface area contributed by atoms with Gasteiger partial charge in [-0.15, -0.1) is 0 Å². The summed E-state index contributed by atoms with van der Waals surface area (Å²) in [6, 6.07) is 0.560. The smallest absolute Gasteiger partial charge is 0.0955 e. The van der Waals surface area contributed by atoms with E-state index in [0.29, 0.717) is 11.9 Å². The lowest BCUT2D eigenvalue weighted by Crippen LogP contribution is -2.30. The van der Waals surface area contributed by atoms with E-state index in [2.05, 4.69) is 13.2 Å². The monoisotopic (exact) mass is 152 g/mol. The van der Waals surface area contributed by atoms with Crippen LogP contribution in [0.15, 0.2) is 25.2 Å². The molecule has 2 N–H and O–H groups in total. The van der Waals surface area contributed by atoms with Crippen molar-refractivity contribution < 1.29 is 0 Å². The van der Waals surface area contributed by atoms with Crippen LogP contribution in [-0.2, 0) is 0 Å². The quantitative estimate of drug-likeness (QED) is 0.668. The molecule has 1 fully saturated rings. The van der Waals surface area contributed by atoms with Crippen molar-refractivity contribution in [2.75, 3.05) is 0 Å². The summed E-state index contributed by atoms with van der Waals surface area (Å²) in [6.07, 6.45) is 6.84. The van der Waals surface area contributed by atoms with Gasteiger partial charge in [-0.25, -0.2) is 0 Å². The molecule has 1 aliphatic carbocycles. The van der Waals surface area contributed by atoms with Crippen LogP contribution in [0, 0.1) is 0 Å². The van der Waals surface area contributed by atoms with Crippen molar-refractivity contribution in [1.29, 1.82) is 0 Å². The van der Waals surface area contributed by atoms with E-state index in [9.17, 15) is 0 Å². The van der Waals surface area contributed by atoms with Crippen LogP contribution in [0.1, 0.15) is 25.7 Å². The maximum atomic E-state index is 5.59. The van der Waals surface area contributed by atoms with Gasteiger partial charge in [0.2, 0.25) is 0 Å². The minimum Gasteiger partial charge on any atom is -0.386 e. The highest BCUT2D eigenvalue weighted by Gasteiger charge is 2.20. The van der Waals surface area contributed by atoms with E-state index in [4.69, 9.17) is 5.73 Å². The first-order valence-electron chi connectivity index (χ1n) is 4.11. The highest BCUT2D eigenvalue weighted by atomic mass is 15.2. The zero-order valence-electron chi connectivity index (χ0n) is 6.92. The third-order valence-electron chi connectivity index (χ3n) is 2.25. The molecule has 62 valence electrons. The van der Waals surface area contributed by atoms with Gasteiger partial charge in [-0.1, -0.05) is 26.0 Å². The topological polar surface area (TPSA) is 29.3 Å². The molecule has 0 heterocycles. The Morgan fingerprint density at radius 2 is 2.00 bits per heavy atom. The largest absolute Gasteiger partial charge is 0.386 e. The van der Waals surface area contributed by atoms with Crippen LogP contribution in [0.2, 0.25) is 0 Å². The SMILES string of the molecule is C=CN(C(=C)N)C1CCCC1. The number of hydrogen-bond donors (Lipinski definition) is 1. The number of hydrogen-bond acceptors (Lipinski definition) is 2. The molecule has 0 atom stereocenters. The third kappa shape index (κ3) is 1.76. The molecule has 2 heteroatoms. The van der Waals surface area contributed by atoms with Crippen molar-refractivity contribution in [3.05, 3.63) is 25.2 Å². The Bertz CT molecular complexity index is 157. The summed E-state index contributed by atoms with van der Waals surface area (Å²) in [5.41, 5.74) is 5.59. The molecule has 0 aromatic heterocycles. The molecule has 0 unspecified atom stereocenters. The van der Waals surface area contributed by atoms with Gasteiger partial charge >= 0.3 is 0 Å². The Morgan fingerprint density at radius 3 is 2.36 bits per heavy atom. The summed E-state index contributed by atoms with van der Waals surface area (Å²) in [6.45, 7) is 7.42. The van der Waals surface area contributed by atoms with Crippen molar-refractivity contribution in [2.24, 2.45) is 5.73 Å². The summed E-state index contributed by atoms with van der Waals surface area (Å²) in [5.74, 6) is 0.618. The molecular weight excluding hydrogens is 136 g/mol. The van der Waals surface area contributed by atoms with Crippen LogP contribution in [0.5, 0.6) is 0 Å². The average molecular weight is 152 g/mol. The molecule has 1 saturated carbocycles. The highest BCUT2D eigenvalue weighted by Crippen LogP contribution is 2.24. The fraction of sp³-hybridized carbons (Fsp3) is 0.556. The summed E-state index contributed by atoms with van der Waals surface area (Å²) in [7, 11) is 0. The normalized spacial score (nSPS) is 18.2. The van der Waals surface area contributed by atoms with E-state index < -0.39 is 0 Å². The molecule has 1 rings (SSSR count). The van der Waals surface area contributed by atoms with E-state index in [1.54, 1.807) is 6.20 Å². The molecule has 0 aliphatic heterocycles. The van der Waals surface area contributed by atoms with Gasteiger partial charge in [0.05, 0.1) is 5.82 Å². The average Bonchev–Trinajstić information content (AvgIpc) is 2.40. The Hall–Kier alpha value is -0.920. The second-order valence-electron chi connectivity index (χ2n) is 3.02. The third-order valence-corrected chi connectivity index (χ3v) is 2.25. The first-order chi connectivity index (χ1) is 5.25. The van der Waals surface area contributed by atoms with Crippen LogP contribution >= 0.6 is 0 Å². The van der Waals surface area contributed by atoms with E-state index in [0.717, 1.165) is 0 Å².